The summed E-state index contributed by atoms with van der Waals surface area (Å²) in [6.07, 6.45) is 8.31. The second kappa shape index (κ2) is 33.7. The lowest BCUT2D eigenvalue weighted by Gasteiger charge is -2.27. The summed E-state index contributed by atoms with van der Waals surface area (Å²) < 4.78 is 19.0. The van der Waals surface area contributed by atoms with Crippen LogP contribution in [0.1, 0.15) is 88.6 Å². The predicted molar refractivity (Wildman–Crippen MR) is 314 cm³/mol. The Morgan fingerprint density at radius 3 is 1.89 bits per heavy atom. The Morgan fingerprint density at radius 2 is 1.30 bits per heavy atom. The van der Waals surface area contributed by atoms with Gasteiger partial charge in [0.05, 0.1) is 5.69 Å². The van der Waals surface area contributed by atoms with Gasteiger partial charge in [-0.2, -0.15) is 0 Å². The monoisotopic (exact) mass is 1190 g/mol. The number of esters is 1. The maximum absolute atomic E-state index is 14.0. The molecule has 2 aliphatic heterocycles. The third-order valence-electron chi connectivity index (χ3n) is 13.1. The Labute approximate surface area is 490 Å². The third-order valence-corrected chi connectivity index (χ3v) is 16.2. The van der Waals surface area contributed by atoms with Gasteiger partial charge < -0.3 is 48.1 Å². The smallest absolute Gasteiger partial charge is 0.330 e. The summed E-state index contributed by atoms with van der Waals surface area (Å²) in [7, 11) is 0. The SMILES string of the molecule is CC(C)C[C@H](NC(=O)[C@@H]1C=C(c2ccc(COC(=O)/C=C/[C@H](CCC(N)=O)NC(=O)[C@H](Cc3ccc(F)cc3)NC(=O)[C@@H](NC(=O)C3SCCS3)C(C)C)cn2)CN1)C(=O)N[C@@H](Cc1ccccc1)C(=O)N[C@H](/C=C/Cl)CCCC(N)=O. The molecule has 11 N–H and O–H groups in total. The van der Waals surface area contributed by atoms with Gasteiger partial charge in [-0.1, -0.05) is 106 Å². The molecule has 8 amide bonds. The minimum absolute atomic E-state index is 0.0101. The van der Waals surface area contributed by atoms with E-state index in [1.807, 2.05) is 44.2 Å². The molecule has 82 heavy (non-hydrogen) atoms. The molecule has 1 aromatic heterocycles. The molecule has 3 aromatic rings. The molecule has 0 saturated carbocycles. The largest absolute Gasteiger partial charge is 0.458 e. The van der Waals surface area contributed by atoms with E-state index >= 15 is 0 Å². The quantitative estimate of drug-likeness (QED) is 0.0318. The average Bonchev–Trinajstić information content (AvgIpc) is 4.19. The number of hydrogen-bond acceptors (Lipinski definition) is 14. The zero-order valence-electron chi connectivity index (χ0n) is 46.3. The van der Waals surface area contributed by atoms with Crippen molar-refractivity contribution in [2.75, 3.05) is 18.1 Å². The number of halogens is 2. The molecule has 0 spiro atoms. The highest BCUT2D eigenvalue weighted by molar-refractivity contribution is 8.21. The van der Waals surface area contributed by atoms with Crippen molar-refractivity contribution >= 4 is 93.9 Å². The van der Waals surface area contributed by atoms with Gasteiger partial charge in [-0.05, 0) is 72.4 Å². The first-order chi connectivity index (χ1) is 39.2. The highest BCUT2D eigenvalue weighted by atomic mass is 35.5. The summed E-state index contributed by atoms with van der Waals surface area (Å²) in [6, 6.07) is 11.4. The molecular weight excluding hydrogens is 1120 g/mol. The van der Waals surface area contributed by atoms with Crippen LogP contribution in [-0.2, 0) is 67.3 Å². The van der Waals surface area contributed by atoms with Gasteiger partial charge in [0.1, 0.15) is 47.2 Å². The van der Waals surface area contributed by atoms with Gasteiger partial charge in [0.15, 0.2) is 0 Å². The molecule has 0 aliphatic carbocycles. The highest BCUT2D eigenvalue weighted by Crippen LogP contribution is 2.32. The van der Waals surface area contributed by atoms with E-state index in [4.69, 9.17) is 27.8 Å². The van der Waals surface area contributed by atoms with Crippen molar-refractivity contribution in [1.82, 2.24) is 42.2 Å². The van der Waals surface area contributed by atoms with Crippen molar-refractivity contribution in [3.63, 3.8) is 0 Å². The summed E-state index contributed by atoms with van der Waals surface area (Å²) in [5.74, 6) is -4.27. The Hall–Kier alpha value is -7.08. The first-order valence-electron chi connectivity index (χ1n) is 27.1. The van der Waals surface area contributed by atoms with Crippen molar-refractivity contribution in [3.8, 4) is 0 Å². The zero-order valence-corrected chi connectivity index (χ0v) is 48.7. The average molecular weight is 1190 g/mol. The van der Waals surface area contributed by atoms with Crippen molar-refractivity contribution in [3.05, 3.63) is 131 Å². The number of rotatable bonds is 32. The first kappa shape index (κ1) is 65.7. The van der Waals surface area contributed by atoms with Crippen molar-refractivity contribution in [2.24, 2.45) is 23.3 Å². The zero-order chi connectivity index (χ0) is 59.7. The van der Waals surface area contributed by atoms with E-state index in [1.54, 1.807) is 38.1 Å². The summed E-state index contributed by atoms with van der Waals surface area (Å²) in [5, 5.41) is 20.1. The highest BCUT2D eigenvalue weighted by Gasteiger charge is 2.34. The van der Waals surface area contributed by atoms with Gasteiger partial charge in [-0.15, -0.1) is 23.5 Å². The van der Waals surface area contributed by atoms with Crippen molar-refractivity contribution in [2.45, 2.75) is 133 Å². The third kappa shape index (κ3) is 22.7. The number of amides is 8. The maximum atomic E-state index is 14.0. The normalized spacial score (nSPS) is 16.6. The Balaban J connectivity index is 1.19. The molecule has 24 heteroatoms. The van der Waals surface area contributed by atoms with Crippen LogP contribution in [0.3, 0.4) is 0 Å². The van der Waals surface area contributed by atoms with E-state index in [2.05, 4.69) is 42.2 Å². The van der Waals surface area contributed by atoms with Crippen LogP contribution in [0.4, 0.5) is 4.39 Å². The summed E-state index contributed by atoms with van der Waals surface area (Å²) in [5.41, 5.74) is 15.1. The standard InChI is InChI=1S/C58H74ClFN10O10S2/c1-34(2)27-45(55(77)68-46(28-36-9-6-5-7-10-36)53(75)65-41(23-24-59)11-8-12-48(61)71)67-52(74)44-30-39(32-64-44)43-20-15-38(31-63-43)33-80-50(73)22-19-42(18-21-49(62)72)66-54(76)47(29-37-13-16-40(60)17-14-37)69-56(78)51(35(3)4)70-57(79)58-81-25-26-82-58/h5-7,9-10,13-17,19-20,22-24,30-31,34-35,41-42,44-47,51,58,64H,8,11-12,18,21,25-29,32-33H2,1-4H3,(H2,61,71)(H2,62,72)(H,65,75)(H,66,76)(H,67,74)(H,68,77)(H,69,78)(H,70,79)/b22-19+,24-23+/t41-,42-,44-,45-,46-,47-,51-/m0/s1. The second-order valence-electron chi connectivity index (χ2n) is 20.6. The van der Waals surface area contributed by atoms with Gasteiger partial charge >= 0.3 is 5.97 Å². The number of carbonyl (C=O) groups excluding carboxylic acids is 9. The number of aromatic nitrogens is 1. The van der Waals surface area contributed by atoms with E-state index in [0.717, 1.165) is 23.1 Å². The number of nitrogens with one attached hydrogen (secondary N) is 7. The number of thioether (sulfide) groups is 2. The number of ether oxygens (including phenoxy) is 1. The topological polar surface area (TPSA) is 312 Å². The van der Waals surface area contributed by atoms with E-state index in [1.165, 1.54) is 65.6 Å². The van der Waals surface area contributed by atoms with Crippen LogP contribution in [0.2, 0.25) is 0 Å². The summed E-state index contributed by atoms with van der Waals surface area (Å²) in [6.45, 7) is 7.42. The van der Waals surface area contributed by atoms with Crippen LogP contribution in [0.25, 0.3) is 5.57 Å². The lowest BCUT2D eigenvalue weighted by Crippen LogP contribution is -2.57. The van der Waals surface area contributed by atoms with Gasteiger partial charge in [-0.3, -0.25) is 48.7 Å². The summed E-state index contributed by atoms with van der Waals surface area (Å²) >= 11 is 8.84. The molecule has 0 unspecified atom stereocenters. The predicted octanol–water partition coefficient (Wildman–Crippen LogP) is 3.75. The van der Waals surface area contributed by atoms with Gasteiger partial charge in [0, 0.05) is 79.2 Å². The van der Waals surface area contributed by atoms with Crippen LogP contribution in [0.15, 0.2) is 103 Å². The molecule has 442 valence electrons. The van der Waals surface area contributed by atoms with Crippen LogP contribution in [-0.4, -0.2) is 123 Å². The lowest BCUT2D eigenvalue weighted by atomic mass is 10.00. The van der Waals surface area contributed by atoms with Crippen molar-refractivity contribution < 1.29 is 52.3 Å². The minimum atomic E-state index is -1.22. The molecule has 0 bridgehead atoms. The molecule has 20 nitrogen and oxygen atoms in total. The molecule has 5 rings (SSSR count). The fourth-order valence-corrected chi connectivity index (χ4v) is 11.5. The molecule has 7 atom stereocenters. The van der Waals surface area contributed by atoms with Gasteiger partial charge in [0.25, 0.3) is 0 Å². The summed E-state index contributed by atoms with van der Waals surface area (Å²) in [4.78, 5) is 123. The van der Waals surface area contributed by atoms with Gasteiger partial charge in [0.2, 0.25) is 47.3 Å². The number of nitrogens with two attached hydrogens (primary N) is 2. The van der Waals surface area contributed by atoms with E-state index in [-0.39, 0.29) is 74.0 Å². The molecular formula is C58H74ClFN10O10S2. The minimum Gasteiger partial charge on any atom is -0.458 e. The number of hydrogen-bond donors (Lipinski definition) is 9. The first-order valence-corrected chi connectivity index (χ1v) is 29.6. The number of nitrogens with zero attached hydrogens (tertiary/aromatic N) is 1. The molecule has 1 saturated heterocycles. The van der Waals surface area contributed by atoms with E-state index in [9.17, 15) is 47.5 Å². The van der Waals surface area contributed by atoms with E-state index in [0.29, 0.717) is 35.2 Å². The van der Waals surface area contributed by atoms with E-state index < -0.39 is 95.4 Å². The van der Waals surface area contributed by atoms with Gasteiger partial charge in [-0.25, -0.2) is 9.18 Å². The Bertz CT molecular complexity index is 2770. The van der Waals surface area contributed by atoms with Crippen molar-refractivity contribution in [1.29, 1.82) is 0 Å². The number of primary amides is 2. The molecule has 0 radical (unpaired) electrons. The number of benzene rings is 2. The van der Waals surface area contributed by atoms with Crippen LogP contribution in [0.5, 0.6) is 0 Å². The fraction of sp³-hybridized carbons (Fsp3) is 0.448. The lowest BCUT2D eigenvalue weighted by molar-refractivity contribution is -0.139. The maximum Gasteiger partial charge on any atom is 0.330 e. The Kier molecular flexibility index (Phi) is 27.1. The van der Waals surface area contributed by atoms with Crippen LogP contribution >= 0.6 is 35.1 Å². The molecule has 1 fully saturated rings. The molecule has 2 aromatic carbocycles. The molecule has 2 aliphatic rings. The van der Waals surface area contributed by atoms with Crippen LogP contribution < -0.4 is 48.7 Å². The number of carbonyl (C=O) groups is 9. The fourth-order valence-electron chi connectivity index (χ4n) is 8.75. The Morgan fingerprint density at radius 1 is 0.707 bits per heavy atom. The molecule has 3 heterocycles. The second-order valence-corrected chi connectivity index (χ2v) is 23.6. The number of pyridine rings is 1. The van der Waals surface area contributed by atoms with Crippen LogP contribution in [0, 0.1) is 17.7 Å².